The van der Waals surface area contributed by atoms with Crippen LogP contribution in [0.3, 0.4) is 0 Å². The molecule has 2 atom stereocenters. The molecule has 2 heterocycles. The molecule has 14 heavy (non-hydrogen) atoms. The van der Waals surface area contributed by atoms with Crippen molar-refractivity contribution in [2.24, 2.45) is 5.92 Å². The first-order valence-corrected chi connectivity index (χ1v) is 5.28. The number of rotatable bonds is 1. The summed E-state index contributed by atoms with van der Waals surface area (Å²) in [4.78, 5) is 2.41. The Morgan fingerprint density at radius 2 is 2.29 bits per heavy atom. The highest BCUT2D eigenvalue weighted by molar-refractivity contribution is 5.85. The molecule has 2 rings (SSSR count). The molecule has 3 nitrogen and oxygen atoms in total. The molecule has 0 aromatic rings. The number of likely N-dealkylation sites (tertiary alicyclic amines) is 1. The third-order valence-electron chi connectivity index (χ3n) is 3.38. The maximum Gasteiger partial charge on any atom is 0.120 e. The second-order valence-electron chi connectivity index (χ2n) is 4.48. The van der Waals surface area contributed by atoms with E-state index in [4.69, 9.17) is 4.74 Å². The van der Waals surface area contributed by atoms with Gasteiger partial charge in [0.05, 0.1) is 6.61 Å². The summed E-state index contributed by atoms with van der Waals surface area (Å²) in [6.07, 6.45) is 2.61. The highest BCUT2D eigenvalue weighted by Crippen LogP contribution is 2.29. The van der Waals surface area contributed by atoms with Gasteiger partial charge in [-0.05, 0) is 33.4 Å². The number of ether oxygens (including phenoxy) is 1. The van der Waals surface area contributed by atoms with Crippen LogP contribution in [-0.2, 0) is 4.74 Å². The minimum Gasteiger partial charge on any atom is -0.359 e. The van der Waals surface area contributed by atoms with E-state index < -0.39 is 0 Å². The monoisotopic (exact) mass is 220 g/mol. The summed E-state index contributed by atoms with van der Waals surface area (Å²) >= 11 is 0. The Bertz CT molecular complexity index is 183. The van der Waals surface area contributed by atoms with Crippen LogP contribution in [-0.4, -0.2) is 43.9 Å². The molecule has 2 aliphatic heterocycles. The lowest BCUT2D eigenvalue weighted by atomic mass is 9.89. The predicted octanol–water partition coefficient (Wildman–Crippen LogP) is 1.09. The zero-order chi connectivity index (χ0) is 9.31. The van der Waals surface area contributed by atoms with E-state index in [-0.39, 0.29) is 18.1 Å². The van der Waals surface area contributed by atoms with Gasteiger partial charge in [0.2, 0.25) is 0 Å². The first-order chi connectivity index (χ1) is 6.21. The molecule has 2 saturated heterocycles. The van der Waals surface area contributed by atoms with E-state index >= 15 is 0 Å². The second kappa shape index (κ2) is 4.79. The van der Waals surface area contributed by atoms with Crippen LogP contribution in [0.25, 0.3) is 0 Å². The molecule has 2 aliphatic rings. The van der Waals surface area contributed by atoms with Gasteiger partial charge in [0.25, 0.3) is 0 Å². The maximum absolute atomic E-state index is 5.79. The lowest BCUT2D eigenvalue weighted by Crippen LogP contribution is -2.51. The van der Waals surface area contributed by atoms with Crippen LogP contribution >= 0.6 is 12.4 Å². The van der Waals surface area contributed by atoms with Crippen molar-refractivity contribution in [2.45, 2.75) is 25.5 Å². The minimum absolute atomic E-state index is 0. The summed E-state index contributed by atoms with van der Waals surface area (Å²) in [7, 11) is 2.20. The van der Waals surface area contributed by atoms with Gasteiger partial charge < -0.3 is 9.64 Å². The number of nitrogens with one attached hydrogen (secondary N) is 1. The molecule has 0 aromatic carbocycles. The van der Waals surface area contributed by atoms with Crippen LogP contribution in [0.15, 0.2) is 0 Å². The molecular weight excluding hydrogens is 200 g/mol. The van der Waals surface area contributed by atoms with E-state index in [2.05, 4.69) is 24.2 Å². The Morgan fingerprint density at radius 3 is 2.86 bits per heavy atom. The van der Waals surface area contributed by atoms with Gasteiger partial charge in [-0.3, -0.25) is 5.32 Å². The van der Waals surface area contributed by atoms with Gasteiger partial charge in [-0.2, -0.15) is 0 Å². The van der Waals surface area contributed by atoms with E-state index in [0.717, 1.165) is 13.2 Å². The number of nitrogens with zero attached hydrogens (tertiary/aromatic N) is 1. The van der Waals surface area contributed by atoms with Gasteiger partial charge in [0.15, 0.2) is 0 Å². The summed E-state index contributed by atoms with van der Waals surface area (Å²) in [6, 6.07) is 0. The number of piperidine rings is 1. The Kier molecular flexibility index (Phi) is 4.19. The van der Waals surface area contributed by atoms with E-state index in [0.29, 0.717) is 5.92 Å². The van der Waals surface area contributed by atoms with Crippen LogP contribution in [0.5, 0.6) is 0 Å². The largest absolute Gasteiger partial charge is 0.359 e. The summed E-state index contributed by atoms with van der Waals surface area (Å²) in [5.74, 6) is 0.661. The van der Waals surface area contributed by atoms with E-state index in [1.54, 1.807) is 0 Å². The summed E-state index contributed by atoms with van der Waals surface area (Å²) in [5, 5.41) is 3.47. The van der Waals surface area contributed by atoms with E-state index in [9.17, 15) is 0 Å². The first-order valence-electron chi connectivity index (χ1n) is 5.28. The predicted molar refractivity (Wildman–Crippen MR) is 59.8 cm³/mol. The smallest absolute Gasteiger partial charge is 0.120 e. The lowest BCUT2D eigenvalue weighted by Gasteiger charge is -2.39. The Labute approximate surface area is 92.6 Å². The SMILES string of the molecule is CN1CCCC(C2(C)NCCO2)C1.Cl. The Hall–Kier alpha value is 0.170. The normalized spacial score (nSPS) is 39.4. The van der Waals surface area contributed by atoms with Gasteiger partial charge in [0.1, 0.15) is 5.72 Å². The molecular formula is C10H21ClN2O. The fourth-order valence-corrected chi connectivity index (χ4v) is 2.49. The van der Waals surface area contributed by atoms with E-state index in [1.807, 2.05) is 0 Å². The summed E-state index contributed by atoms with van der Waals surface area (Å²) in [5.41, 5.74) is -0.0469. The molecule has 0 radical (unpaired) electrons. The van der Waals surface area contributed by atoms with Crippen LogP contribution < -0.4 is 5.32 Å². The van der Waals surface area contributed by atoms with Crippen LogP contribution in [0.4, 0.5) is 0 Å². The van der Waals surface area contributed by atoms with Crippen molar-refractivity contribution < 1.29 is 4.74 Å². The Balaban J connectivity index is 0.000000980. The molecule has 0 aromatic heterocycles. The number of hydrogen-bond acceptors (Lipinski definition) is 3. The first kappa shape index (κ1) is 12.2. The van der Waals surface area contributed by atoms with Crippen molar-refractivity contribution in [3.63, 3.8) is 0 Å². The summed E-state index contributed by atoms with van der Waals surface area (Å²) < 4.78 is 5.79. The highest BCUT2D eigenvalue weighted by Gasteiger charge is 2.39. The van der Waals surface area contributed by atoms with Gasteiger partial charge >= 0.3 is 0 Å². The molecule has 0 spiro atoms. The lowest BCUT2D eigenvalue weighted by molar-refractivity contribution is -0.0631. The van der Waals surface area contributed by atoms with Crippen molar-refractivity contribution in [3.8, 4) is 0 Å². The maximum atomic E-state index is 5.79. The average molecular weight is 221 g/mol. The average Bonchev–Trinajstić information content (AvgIpc) is 2.54. The molecule has 0 aliphatic carbocycles. The quantitative estimate of drug-likeness (QED) is 0.716. The fraction of sp³-hybridized carbons (Fsp3) is 1.00. The molecule has 0 amide bonds. The van der Waals surface area contributed by atoms with Crippen molar-refractivity contribution in [1.29, 1.82) is 0 Å². The van der Waals surface area contributed by atoms with E-state index in [1.165, 1.54) is 25.9 Å². The zero-order valence-electron chi connectivity index (χ0n) is 9.08. The van der Waals surface area contributed by atoms with Crippen LogP contribution in [0.2, 0.25) is 0 Å². The van der Waals surface area contributed by atoms with Crippen LogP contribution in [0, 0.1) is 5.92 Å². The van der Waals surface area contributed by atoms with Gasteiger partial charge in [-0.25, -0.2) is 0 Å². The molecule has 84 valence electrons. The zero-order valence-corrected chi connectivity index (χ0v) is 9.90. The topological polar surface area (TPSA) is 24.5 Å². The van der Waals surface area contributed by atoms with Crippen molar-refractivity contribution in [3.05, 3.63) is 0 Å². The minimum atomic E-state index is -0.0469. The third-order valence-corrected chi connectivity index (χ3v) is 3.38. The molecule has 2 unspecified atom stereocenters. The fourth-order valence-electron chi connectivity index (χ4n) is 2.49. The van der Waals surface area contributed by atoms with Crippen molar-refractivity contribution in [2.75, 3.05) is 33.3 Å². The molecule has 1 N–H and O–H groups in total. The molecule has 4 heteroatoms. The molecule has 0 saturated carbocycles. The highest BCUT2D eigenvalue weighted by atomic mass is 35.5. The van der Waals surface area contributed by atoms with Crippen molar-refractivity contribution in [1.82, 2.24) is 10.2 Å². The Morgan fingerprint density at radius 1 is 1.50 bits per heavy atom. The van der Waals surface area contributed by atoms with Crippen LogP contribution in [0.1, 0.15) is 19.8 Å². The second-order valence-corrected chi connectivity index (χ2v) is 4.48. The number of halogens is 1. The molecule has 0 bridgehead atoms. The third kappa shape index (κ3) is 2.40. The standard InChI is InChI=1S/C10H20N2O.ClH/c1-10(11-5-7-13-10)9-4-3-6-12(2)8-9;/h9,11H,3-8H2,1-2H3;1H. The number of hydrogen-bond donors (Lipinski definition) is 1. The van der Waals surface area contributed by atoms with Crippen molar-refractivity contribution >= 4 is 12.4 Å². The van der Waals surface area contributed by atoms with Gasteiger partial charge in [-0.15, -0.1) is 12.4 Å². The molecule has 2 fully saturated rings. The van der Waals surface area contributed by atoms with Gasteiger partial charge in [0, 0.05) is 19.0 Å². The summed E-state index contributed by atoms with van der Waals surface area (Å²) in [6.45, 7) is 6.49. The van der Waals surface area contributed by atoms with Gasteiger partial charge in [-0.1, -0.05) is 0 Å².